The number of carbonyl (C=O) groups excluding carboxylic acids is 2. The molecule has 0 radical (unpaired) electrons. The fourth-order valence-corrected chi connectivity index (χ4v) is 5.21. The van der Waals surface area contributed by atoms with Crippen LogP contribution in [-0.2, 0) is 9.47 Å². The molecule has 4 aliphatic heterocycles. The van der Waals surface area contributed by atoms with Gasteiger partial charge in [0.05, 0.1) is 25.4 Å². The van der Waals surface area contributed by atoms with Crippen molar-refractivity contribution in [3.63, 3.8) is 0 Å². The summed E-state index contributed by atoms with van der Waals surface area (Å²) in [6, 6.07) is 11.4. The van der Waals surface area contributed by atoms with Crippen molar-refractivity contribution in [2.75, 3.05) is 51.3 Å². The lowest BCUT2D eigenvalue weighted by Gasteiger charge is -2.36. The Morgan fingerprint density at radius 2 is 2.08 bits per heavy atom. The van der Waals surface area contributed by atoms with Crippen molar-refractivity contribution >= 4 is 34.9 Å². The van der Waals surface area contributed by atoms with Crippen molar-refractivity contribution < 1.29 is 19.1 Å². The molecule has 1 aromatic carbocycles. The number of rotatable bonds is 5. The van der Waals surface area contributed by atoms with E-state index in [1.54, 1.807) is 9.42 Å². The van der Waals surface area contributed by atoms with E-state index in [1.807, 2.05) is 60.5 Å². The monoisotopic (exact) mass is 517 g/mol. The van der Waals surface area contributed by atoms with E-state index in [-0.39, 0.29) is 24.1 Å². The molecule has 38 heavy (non-hydrogen) atoms. The zero-order valence-corrected chi connectivity index (χ0v) is 21.3. The fraction of sp³-hybridized carbons (Fsp3) is 0.407. The first-order valence-corrected chi connectivity index (χ1v) is 13.1. The van der Waals surface area contributed by atoms with Gasteiger partial charge in [0.1, 0.15) is 0 Å². The van der Waals surface area contributed by atoms with E-state index in [4.69, 9.17) is 14.5 Å². The second kappa shape index (κ2) is 10.4. The van der Waals surface area contributed by atoms with Crippen LogP contribution in [-0.4, -0.2) is 94.5 Å². The lowest BCUT2D eigenvalue weighted by Crippen LogP contribution is -2.52. The fourth-order valence-electron chi connectivity index (χ4n) is 5.21. The van der Waals surface area contributed by atoms with Gasteiger partial charge in [0, 0.05) is 55.7 Å². The maximum absolute atomic E-state index is 13.2. The molecule has 2 N–H and O–H groups in total. The van der Waals surface area contributed by atoms with Gasteiger partial charge in [-0.05, 0) is 55.3 Å². The highest BCUT2D eigenvalue weighted by molar-refractivity contribution is 5.95. The Kier molecular flexibility index (Phi) is 6.69. The smallest absolute Gasteiger partial charge is 0.410 e. The van der Waals surface area contributed by atoms with Gasteiger partial charge in [-0.3, -0.25) is 4.79 Å². The summed E-state index contributed by atoms with van der Waals surface area (Å²) in [5, 5.41) is 11.2. The molecule has 0 spiro atoms. The van der Waals surface area contributed by atoms with Gasteiger partial charge in [-0.1, -0.05) is 6.08 Å². The first-order chi connectivity index (χ1) is 18.6. The van der Waals surface area contributed by atoms with Crippen molar-refractivity contribution in [2.45, 2.75) is 25.5 Å². The summed E-state index contributed by atoms with van der Waals surface area (Å²) < 4.78 is 12.7. The van der Waals surface area contributed by atoms with Crippen molar-refractivity contribution in [3.8, 4) is 0 Å². The molecular weight excluding hydrogens is 486 g/mol. The number of nitrogens with zero attached hydrogens (tertiary/aromatic N) is 5. The van der Waals surface area contributed by atoms with Gasteiger partial charge in [-0.2, -0.15) is 4.98 Å². The number of nitrogens with one attached hydrogen (secondary N) is 2. The molecule has 0 saturated carbocycles. The highest BCUT2D eigenvalue weighted by Gasteiger charge is 2.35. The Balaban J connectivity index is 1.15. The number of hydrogen-bond donors (Lipinski definition) is 2. The Morgan fingerprint density at radius 3 is 2.87 bits per heavy atom. The van der Waals surface area contributed by atoms with Gasteiger partial charge in [0.2, 0.25) is 5.95 Å². The lowest BCUT2D eigenvalue weighted by atomic mass is 10.0. The summed E-state index contributed by atoms with van der Waals surface area (Å²) in [6.07, 6.45) is 4.38. The summed E-state index contributed by atoms with van der Waals surface area (Å²) in [6.45, 7) is 5.99. The number of hydrogen-bond acceptors (Lipinski definition) is 8. The van der Waals surface area contributed by atoms with Crippen LogP contribution >= 0.6 is 0 Å². The second-order valence-corrected chi connectivity index (χ2v) is 9.68. The number of fused-ring (bicyclic) bond motifs is 5. The van der Waals surface area contributed by atoms with Gasteiger partial charge in [-0.15, -0.1) is 5.10 Å². The average molecular weight is 518 g/mol. The molecule has 6 heterocycles. The number of ether oxygens (including phenoxy) is 2. The highest BCUT2D eigenvalue weighted by atomic mass is 16.6. The quantitative estimate of drug-likeness (QED) is 0.531. The Morgan fingerprint density at radius 1 is 1.21 bits per heavy atom. The van der Waals surface area contributed by atoms with E-state index in [0.717, 1.165) is 35.6 Å². The second-order valence-electron chi connectivity index (χ2n) is 9.68. The number of pyridine rings is 1. The number of carbonyl (C=O) groups is 2. The zero-order valence-electron chi connectivity index (χ0n) is 21.3. The van der Waals surface area contributed by atoms with Crippen molar-refractivity contribution in [2.24, 2.45) is 0 Å². The van der Waals surface area contributed by atoms with E-state index in [1.165, 1.54) is 0 Å². The van der Waals surface area contributed by atoms with Gasteiger partial charge >= 0.3 is 6.09 Å². The molecule has 3 saturated heterocycles. The molecule has 4 aliphatic rings. The van der Waals surface area contributed by atoms with Crippen LogP contribution in [0.4, 0.5) is 16.4 Å². The van der Waals surface area contributed by atoms with Crippen LogP contribution in [0.25, 0.3) is 11.2 Å². The molecular formula is C27H31N7O4. The normalized spacial score (nSPS) is 21.2. The molecule has 2 atom stereocenters. The maximum Gasteiger partial charge on any atom is 0.410 e. The summed E-state index contributed by atoms with van der Waals surface area (Å²) in [5.74, 6) is 0.491. The van der Waals surface area contributed by atoms with Crippen LogP contribution in [0.1, 0.15) is 29.3 Å². The summed E-state index contributed by atoms with van der Waals surface area (Å²) in [4.78, 5) is 33.5. The van der Waals surface area contributed by atoms with Crippen molar-refractivity contribution in [1.29, 1.82) is 0 Å². The maximum atomic E-state index is 13.2. The molecule has 11 heteroatoms. The number of morpholine rings is 1. The third-order valence-electron chi connectivity index (χ3n) is 7.21. The van der Waals surface area contributed by atoms with Crippen LogP contribution in [0.15, 0.2) is 48.7 Å². The van der Waals surface area contributed by atoms with Gasteiger partial charge in [0.25, 0.3) is 5.91 Å². The summed E-state index contributed by atoms with van der Waals surface area (Å²) in [7, 11) is 0. The topological polar surface area (TPSA) is 113 Å². The third-order valence-corrected chi connectivity index (χ3v) is 7.21. The SMILES string of the molecule is CCOC(=O)N1CC=C(c2cccn3nc(Nc4ccc(C(=O)N5CC6CNCC5CO6)cc4)nc23)CC1. The third kappa shape index (κ3) is 4.82. The number of benzene rings is 1. The van der Waals surface area contributed by atoms with Crippen LogP contribution in [0.3, 0.4) is 0 Å². The van der Waals surface area contributed by atoms with Crippen LogP contribution in [0, 0.1) is 0 Å². The summed E-state index contributed by atoms with van der Waals surface area (Å²) >= 11 is 0. The average Bonchev–Trinajstić information content (AvgIpc) is 3.09. The van der Waals surface area contributed by atoms with E-state index in [2.05, 4.69) is 15.7 Å². The molecule has 3 aromatic rings. The van der Waals surface area contributed by atoms with Gasteiger partial charge in [-0.25, -0.2) is 9.31 Å². The molecule has 198 valence electrons. The van der Waals surface area contributed by atoms with E-state index in [0.29, 0.717) is 50.8 Å². The number of aromatic nitrogens is 3. The lowest BCUT2D eigenvalue weighted by molar-refractivity contribution is -0.0321. The molecule has 2 aromatic heterocycles. The molecule has 2 unspecified atom stereocenters. The molecule has 0 aliphatic carbocycles. The largest absolute Gasteiger partial charge is 0.450 e. The van der Waals surface area contributed by atoms with Crippen LogP contribution in [0.2, 0.25) is 0 Å². The van der Waals surface area contributed by atoms with Gasteiger partial charge < -0.3 is 29.9 Å². The van der Waals surface area contributed by atoms with E-state index in [9.17, 15) is 9.59 Å². The minimum Gasteiger partial charge on any atom is -0.450 e. The van der Waals surface area contributed by atoms with Crippen LogP contribution < -0.4 is 10.6 Å². The standard InChI is InChI=1S/C27H31N7O4/c1-2-37-27(36)32-12-9-18(10-13-32)23-4-3-11-34-24(23)30-26(31-34)29-20-7-5-19(6-8-20)25(35)33-16-22-15-28-14-21(33)17-38-22/h3-9,11,21-22,28H,2,10,12-17H2,1H3,(H,29,31). The first kappa shape index (κ1) is 24.4. The summed E-state index contributed by atoms with van der Waals surface area (Å²) in [5.41, 5.74) is 4.30. The van der Waals surface area contributed by atoms with Crippen molar-refractivity contribution in [3.05, 3.63) is 59.8 Å². The molecule has 7 rings (SSSR count). The van der Waals surface area contributed by atoms with E-state index < -0.39 is 0 Å². The van der Waals surface area contributed by atoms with Crippen molar-refractivity contribution in [1.82, 2.24) is 29.7 Å². The van der Waals surface area contributed by atoms with Crippen LogP contribution in [0.5, 0.6) is 0 Å². The predicted octanol–water partition coefficient (Wildman–Crippen LogP) is 2.53. The molecule has 3 fully saturated rings. The molecule has 11 nitrogen and oxygen atoms in total. The van der Waals surface area contributed by atoms with E-state index >= 15 is 0 Å². The Labute approximate surface area is 220 Å². The Hall–Kier alpha value is -3.96. The number of amides is 2. The predicted molar refractivity (Wildman–Crippen MR) is 141 cm³/mol. The number of anilines is 2. The molecule has 2 bridgehead atoms. The van der Waals surface area contributed by atoms with Gasteiger partial charge in [0.15, 0.2) is 5.65 Å². The zero-order chi connectivity index (χ0) is 26.1. The molecule has 2 amide bonds. The Bertz CT molecular complexity index is 1370. The first-order valence-electron chi connectivity index (χ1n) is 13.1. The minimum atomic E-state index is -0.285. The highest BCUT2D eigenvalue weighted by Crippen LogP contribution is 2.27. The minimum absolute atomic E-state index is 0.0244.